The molecule has 23 heavy (non-hydrogen) atoms. The van der Waals surface area contributed by atoms with E-state index in [1.54, 1.807) is 16.9 Å². The Morgan fingerprint density at radius 3 is 2.57 bits per heavy atom. The van der Waals surface area contributed by atoms with Gasteiger partial charge in [-0.3, -0.25) is 14.8 Å². The molecule has 0 fully saturated rings. The third-order valence-electron chi connectivity index (χ3n) is 3.31. The zero-order chi connectivity index (χ0) is 16.4. The number of benzene rings is 1. The van der Waals surface area contributed by atoms with E-state index in [-0.39, 0.29) is 18.0 Å². The summed E-state index contributed by atoms with van der Waals surface area (Å²) in [6.07, 6.45) is 1.76. The Labute approximate surface area is 133 Å². The molecule has 118 valence electrons. The van der Waals surface area contributed by atoms with Crippen molar-refractivity contribution in [2.45, 2.75) is 26.8 Å². The van der Waals surface area contributed by atoms with E-state index in [2.05, 4.69) is 20.6 Å². The quantitative estimate of drug-likeness (QED) is 0.800. The van der Waals surface area contributed by atoms with Gasteiger partial charge < -0.3 is 4.42 Å². The van der Waals surface area contributed by atoms with Gasteiger partial charge in [-0.25, -0.2) is 0 Å². The first-order chi connectivity index (χ1) is 11.0. The maximum atomic E-state index is 12.1. The molecule has 0 aliphatic heterocycles. The highest BCUT2D eigenvalue weighted by Crippen LogP contribution is 2.20. The maximum Gasteiger partial charge on any atom is 0.322 e. The number of rotatable bonds is 4. The van der Waals surface area contributed by atoms with Crippen molar-refractivity contribution in [2.24, 2.45) is 0 Å². The predicted octanol–water partition coefficient (Wildman–Crippen LogP) is 3.07. The van der Waals surface area contributed by atoms with Gasteiger partial charge in [-0.15, -0.1) is 5.10 Å². The summed E-state index contributed by atoms with van der Waals surface area (Å²) in [6.45, 7) is 5.97. The Morgan fingerprint density at radius 1 is 1.17 bits per heavy atom. The molecule has 3 aromatic rings. The number of aromatic nitrogens is 4. The molecule has 1 amide bonds. The summed E-state index contributed by atoms with van der Waals surface area (Å²) in [5, 5.41) is 14.5. The topological polar surface area (TPSA) is 85.8 Å². The fourth-order valence-corrected chi connectivity index (χ4v) is 1.99. The molecule has 1 N–H and O–H groups in total. The standard InChI is InChI=1S/C16H17N5O2/c1-10(2)21-9-8-13(20-21)14(22)17-16-19-18-15(23-16)12-6-4-11(3)5-7-12/h4-10H,1-3H3,(H,17,19,22). The van der Waals surface area contributed by atoms with Crippen molar-refractivity contribution in [3.8, 4) is 11.5 Å². The molecule has 0 atom stereocenters. The van der Waals surface area contributed by atoms with Gasteiger partial charge in [-0.2, -0.15) is 5.10 Å². The normalized spacial score (nSPS) is 11.0. The lowest BCUT2D eigenvalue weighted by Crippen LogP contribution is -2.14. The van der Waals surface area contributed by atoms with Crippen LogP contribution >= 0.6 is 0 Å². The van der Waals surface area contributed by atoms with Gasteiger partial charge in [0, 0.05) is 17.8 Å². The van der Waals surface area contributed by atoms with Crippen molar-refractivity contribution in [1.82, 2.24) is 20.0 Å². The highest BCUT2D eigenvalue weighted by Gasteiger charge is 2.15. The molecule has 0 saturated carbocycles. The molecule has 7 nitrogen and oxygen atoms in total. The summed E-state index contributed by atoms with van der Waals surface area (Å²) in [5.41, 5.74) is 2.24. The Bertz CT molecular complexity index is 817. The second-order valence-corrected chi connectivity index (χ2v) is 5.51. The number of anilines is 1. The van der Waals surface area contributed by atoms with Crippen LogP contribution in [0, 0.1) is 6.92 Å². The van der Waals surface area contributed by atoms with E-state index in [0.717, 1.165) is 11.1 Å². The van der Waals surface area contributed by atoms with Crippen LogP contribution in [0.15, 0.2) is 40.9 Å². The monoisotopic (exact) mass is 311 g/mol. The van der Waals surface area contributed by atoms with Crippen molar-refractivity contribution in [3.63, 3.8) is 0 Å². The smallest absolute Gasteiger partial charge is 0.322 e. The first-order valence-electron chi connectivity index (χ1n) is 7.30. The molecule has 0 radical (unpaired) electrons. The first-order valence-corrected chi connectivity index (χ1v) is 7.30. The molecule has 1 aromatic carbocycles. The largest absolute Gasteiger partial charge is 0.403 e. The number of nitrogens with zero attached hydrogens (tertiary/aromatic N) is 4. The van der Waals surface area contributed by atoms with Crippen molar-refractivity contribution in [3.05, 3.63) is 47.8 Å². The fourth-order valence-electron chi connectivity index (χ4n) is 1.99. The minimum absolute atomic E-state index is 0.0460. The fraction of sp³-hybridized carbons (Fsp3) is 0.250. The first kappa shape index (κ1) is 15.0. The molecule has 0 aliphatic carbocycles. The van der Waals surface area contributed by atoms with Crippen LogP contribution < -0.4 is 5.32 Å². The summed E-state index contributed by atoms with van der Waals surface area (Å²) in [5.74, 6) is -0.0310. The number of carbonyl (C=O) groups excluding carboxylic acids is 1. The Hall–Kier alpha value is -2.96. The van der Waals surface area contributed by atoms with Crippen molar-refractivity contribution >= 4 is 11.9 Å². The van der Waals surface area contributed by atoms with Crippen LogP contribution in [-0.4, -0.2) is 25.9 Å². The third-order valence-corrected chi connectivity index (χ3v) is 3.31. The van der Waals surface area contributed by atoms with Crippen molar-refractivity contribution in [2.75, 3.05) is 5.32 Å². The number of hydrogen-bond donors (Lipinski definition) is 1. The molecule has 0 aliphatic rings. The average Bonchev–Trinajstić information content (AvgIpc) is 3.17. The SMILES string of the molecule is Cc1ccc(-c2nnc(NC(=O)c3ccn(C(C)C)n3)o2)cc1. The summed E-state index contributed by atoms with van der Waals surface area (Å²) >= 11 is 0. The number of hydrogen-bond acceptors (Lipinski definition) is 5. The van der Waals surface area contributed by atoms with Gasteiger partial charge in [-0.1, -0.05) is 22.8 Å². The van der Waals surface area contributed by atoms with Crippen LogP contribution in [0.1, 0.15) is 35.9 Å². The van der Waals surface area contributed by atoms with E-state index in [4.69, 9.17) is 4.42 Å². The van der Waals surface area contributed by atoms with E-state index >= 15 is 0 Å². The van der Waals surface area contributed by atoms with Crippen LogP contribution in [0.4, 0.5) is 6.01 Å². The predicted molar refractivity (Wildman–Crippen MR) is 85.0 cm³/mol. The minimum atomic E-state index is -0.386. The van der Waals surface area contributed by atoms with Gasteiger partial charge in [0.1, 0.15) is 0 Å². The molecule has 2 heterocycles. The highest BCUT2D eigenvalue weighted by molar-refractivity contribution is 6.01. The van der Waals surface area contributed by atoms with Gasteiger partial charge in [0.2, 0.25) is 5.89 Å². The average molecular weight is 311 g/mol. The number of carbonyl (C=O) groups is 1. The van der Waals surface area contributed by atoms with Crippen molar-refractivity contribution in [1.29, 1.82) is 0 Å². The van der Waals surface area contributed by atoms with Gasteiger partial charge >= 0.3 is 6.01 Å². The number of nitrogens with one attached hydrogen (secondary N) is 1. The second-order valence-electron chi connectivity index (χ2n) is 5.51. The van der Waals surface area contributed by atoms with E-state index in [9.17, 15) is 4.79 Å². The third kappa shape index (κ3) is 3.28. The summed E-state index contributed by atoms with van der Waals surface area (Å²) in [4.78, 5) is 12.1. The number of aryl methyl sites for hydroxylation is 1. The minimum Gasteiger partial charge on any atom is -0.403 e. The van der Waals surface area contributed by atoms with Crippen LogP contribution in [-0.2, 0) is 0 Å². The Morgan fingerprint density at radius 2 is 1.91 bits per heavy atom. The molecule has 2 aromatic heterocycles. The summed E-state index contributed by atoms with van der Waals surface area (Å²) in [7, 11) is 0. The van der Waals surface area contributed by atoms with E-state index < -0.39 is 0 Å². The van der Waals surface area contributed by atoms with Gasteiger partial charge in [0.05, 0.1) is 0 Å². The zero-order valence-electron chi connectivity index (χ0n) is 13.1. The zero-order valence-corrected chi connectivity index (χ0v) is 13.1. The molecule has 0 spiro atoms. The van der Waals surface area contributed by atoms with E-state index in [1.807, 2.05) is 45.0 Å². The molecule has 3 rings (SSSR count). The van der Waals surface area contributed by atoms with Gasteiger partial charge in [-0.05, 0) is 39.0 Å². The van der Waals surface area contributed by atoms with Crippen LogP contribution in [0.2, 0.25) is 0 Å². The van der Waals surface area contributed by atoms with E-state index in [1.165, 1.54) is 0 Å². The van der Waals surface area contributed by atoms with Gasteiger partial charge in [0.15, 0.2) is 5.69 Å². The van der Waals surface area contributed by atoms with E-state index in [0.29, 0.717) is 11.6 Å². The lowest BCUT2D eigenvalue weighted by atomic mass is 10.1. The molecular weight excluding hydrogens is 294 g/mol. The highest BCUT2D eigenvalue weighted by atomic mass is 16.4. The Balaban J connectivity index is 1.73. The molecule has 0 bridgehead atoms. The van der Waals surface area contributed by atoms with Crippen molar-refractivity contribution < 1.29 is 9.21 Å². The second kappa shape index (κ2) is 6.04. The summed E-state index contributed by atoms with van der Waals surface area (Å²) in [6, 6.07) is 9.56. The molecular formula is C16H17N5O2. The summed E-state index contributed by atoms with van der Waals surface area (Å²) < 4.78 is 7.18. The van der Waals surface area contributed by atoms with Gasteiger partial charge in [0.25, 0.3) is 5.91 Å². The lowest BCUT2D eigenvalue weighted by molar-refractivity contribution is 0.101. The Kier molecular flexibility index (Phi) is 3.92. The molecule has 7 heteroatoms. The van der Waals surface area contributed by atoms with Crippen LogP contribution in [0.25, 0.3) is 11.5 Å². The molecule has 0 unspecified atom stereocenters. The lowest BCUT2D eigenvalue weighted by Gasteiger charge is -2.03. The van der Waals surface area contributed by atoms with Crippen LogP contribution in [0.3, 0.4) is 0 Å². The van der Waals surface area contributed by atoms with Crippen LogP contribution in [0.5, 0.6) is 0 Å². The maximum absolute atomic E-state index is 12.1. The number of amides is 1. The molecule has 0 saturated heterocycles.